The Hall–Kier alpha value is 0.407. The Labute approximate surface area is 97.8 Å². The molecule has 1 heterocycles. The van der Waals surface area contributed by atoms with Crippen molar-refractivity contribution in [3.05, 3.63) is 0 Å². The van der Waals surface area contributed by atoms with E-state index in [1.54, 1.807) is 21.3 Å². The fourth-order valence-electron chi connectivity index (χ4n) is 2.07. The summed E-state index contributed by atoms with van der Waals surface area (Å²) in [4.78, 5) is 0. The zero-order valence-electron chi connectivity index (χ0n) is 9.86. The first kappa shape index (κ1) is 13.5. The van der Waals surface area contributed by atoms with Crippen molar-refractivity contribution >= 4 is 20.8 Å². The summed E-state index contributed by atoms with van der Waals surface area (Å²) in [5.74, 6) is 1.09. The first-order valence-electron chi connectivity index (χ1n) is 5.34. The highest BCUT2D eigenvalue weighted by molar-refractivity contribution is 7.73. The zero-order valence-corrected chi connectivity index (χ0v) is 11.8. The normalized spacial score (nSPS) is 21.0. The van der Waals surface area contributed by atoms with Crippen molar-refractivity contribution in [3.8, 4) is 0 Å². The fourth-order valence-corrected chi connectivity index (χ4v) is 5.53. The lowest BCUT2D eigenvalue weighted by Crippen LogP contribution is -2.53. The molecule has 0 atom stereocenters. The minimum atomic E-state index is -1.98. The van der Waals surface area contributed by atoms with Crippen molar-refractivity contribution in [3.63, 3.8) is 0 Å². The molecule has 1 saturated heterocycles. The molecule has 0 bridgehead atoms. The van der Waals surface area contributed by atoms with Gasteiger partial charge in [-0.2, -0.15) is 4.18 Å². The van der Waals surface area contributed by atoms with Crippen molar-refractivity contribution in [1.29, 1.82) is 0 Å². The molecule has 0 amide bonds. The van der Waals surface area contributed by atoms with Gasteiger partial charge >= 0.3 is 8.72 Å². The van der Waals surface area contributed by atoms with Gasteiger partial charge in [-0.3, -0.25) is 4.57 Å². The van der Waals surface area contributed by atoms with Crippen LogP contribution in [0.1, 0.15) is 12.8 Å². The number of thiol groups is 1. The summed E-state index contributed by atoms with van der Waals surface area (Å²) in [6.45, 7) is 2.20. The van der Waals surface area contributed by atoms with E-state index in [2.05, 4.69) is 4.57 Å². The van der Waals surface area contributed by atoms with E-state index in [-0.39, 0.29) is 0 Å². The second-order valence-electron chi connectivity index (χ2n) is 3.60. The average Bonchev–Trinajstić information content (AvgIpc) is 2.68. The van der Waals surface area contributed by atoms with E-state index < -0.39 is 8.72 Å². The summed E-state index contributed by atoms with van der Waals surface area (Å²) in [5.41, 5.74) is 0. The van der Waals surface area contributed by atoms with E-state index in [1.807, 2.05) is 0 Å². The van der Waals surface area contributed by atoms with Gasteiger partial charge in [0.1, 0.15) is 17.8 Å². The van der Waals surface area contributed by atoms with Crippen molar-refractivity contribution in [2.24, 2.45) is 0 Å². The van der Waals surface area contributed by atoms with Crippen molar-refractivity contribution < 1.29 is 13.0 Å². The molecule has 0 radical (unpaired) electrons. The van der Waals surface area contributed by atoms with Crippen LogP contribution in [-0.2, 0) is 25.1 Å². The van der Waals surface area contributed by atoms with Gasteiger partial charge in [-0.15, -0.1) is 0 Å². The van der Waals surface area contributed by atoms with Crippen LogP contribution in [0.3, 0.4) is 0 Å². The molecular weight excluding hydrogens is 230 g/mol. The quantitative estimate of drug-likeness (QED) is 0.289. The molecule has 1 fully saturated rings. The first-order valence-corrected chi connectivity index (χ1v) is 8.31. The van der Waals surface area contributed by atoms with Crippen LogP contribution in [0.15, 0.2) is 0 Å². The highest BCUT2D eigenvalue weighted by Crippen LogP contribution is 2.26. The van der Waals surface area contributed by atoms with Gasteiger partial charge in [-0.1, -0.05) is 0 Å². The lowest BCUT2D eigenvalue weighted by molar-refractivity contribution is 0.182. The molecule has 1 aliphatic heterocycles. The topological polar surface area (TPSA) is 30.9 Å². The highest BCUT2D eigenvalue weighted by Gasteiger charge is 2.46. The van der Waals surface area contributed by atoms with E-state index in [9.17, 15) is 0 Å². The Morgan fingerprint density at radius 2 is 2.00 bits per heavy atom. The molecule has 6 heteroatoms. The van der Waals surface area contributed by atoms with Gasteiger partial charge < -0.3 is 8.85 Å². The Kier molecular flexibility index (Phi) is 6.18. The molecule has 15 heavy (non-hydrogen) atoms. The number of rotatable bonds is 7. The van der Waals surface area contributed by atoms with Crippen LogP contribution in [-0.4, -0.2) is 53.5 Å². The molecule has 1 rings (SSSR count). The van der Waals surface area contributed by atoms with Gasteiger partial charge in [0, 0.05) is 33.2 Å². The summed E-state index contributed by atoms with van der Waals surface area (Å²) < 4.78 is 18.7. The van der Waals surface area contributed by atoms with E-state index >= 15 is 0 Å². The molecule has 0 unspecified atom stereocenters. The molecule has 4 nitrogen and oxygen atoms in total. The van der Waals surface area contributed by atoms with E-state index in [0.717, 1.165) is 43.4 Å². The standard InChI is InChI=1S/C9H21NO3SSi/c1-11-14-8-4-6-10-7-5-9-15(10,12-2)13-3/h4-9H2,1-3H3/p+1. The van der Waals surface area contributed by atoms with Crippen LogP contribution in [0.4, 0.5) is 0 Å². The van der Waals surface area contributed by atoms with Gasteiger partial charge in [0.05, 0.1) is 7.11 Å². The molecule has 0 aromatic rings. The van der Waals surface area contributed by atoms with Gasteiger partial charge in [-0.25, -0.2) is 0 Å². The maximum Gasteiger partial charge on any atom is 0.427 e. The second-order valence-corrected chi connectivity index (χ2v) is 8.05. The third-order valence-electron chi connectivity index (χ3n) is 2.85. The van der Waals surface area contributed by atoms with Crippen LogP contribution >= 0.6 is 0 Å². The molecule has 1 aliphatic rings. The third kappa shape index (κ3) is 3.44. The largest absolute Gasteiger partial charge is 0.427 e. The monoisotopic (exact) mass is 252 g/mol. The summed E-state index contributed by atoms with van der Waals surface area (Å²) in [6, 6.07) is 1.10. The van der Waals surface area contributed by atoms with E-state index in [4.69, 9.17) is 13.0 Å². The molecule has 0 aromatic carbocycles. The van der Waals surface area contributed by atoms with Gasteiger partial charge in [0.25, 0.3) is 0 Å². The maximum absolute atomic E-state index is 5.63. The molecule has 0 saturated carbocycles. The molecule has 0 spiro atoms. The molecule has 0 aromatic heterocycles. The second kappa shape index (κ2) is 6.88. The molecule has 0 aliphatic carbocycles. The van der Waals surface area contributed by atoms with Crippen LogP contribution in [0.25, 0.3) is 0 Å². The third-order valence-corrected chi connectivity index (χ3v) is 7.28. The van der Waals surface area contributed by atoms with Gasteiger partial charge in [0.2, 0.25) is 0 Å². The zero-order chi connectivity index (χ0) is 11.1. The minimum absolute atomic E-state index is 1.07. The Morgan fingerprint density at radius 1 is 1.27 bits per heavy atom. The van der Waals surface area contributed by atoms with E-state index in [1.165, 1.54) is 6.42 Å². The smallest absolute Gasteiger partial charge is 0.386 e. The van der Waals surface area contributed by atoms with Crippen molar-refractivity contribution in [2.45, 2.75) is 18.9 Å². The molecule has 90 valence electrons. The minimum Gasteiger partial charge on any atom is -0.386 e. The predicted octanol–water partition coefficient (Wildman–Crippen LogP) is 0.690. The van der Waals surface area contributed by atoms with Crippen LogP contribution in [0.5, 0.6) is 0 Å². The van der Waals surface area contributed by atoms with E-state index in [0.29, 0.717) is 0 Å². The molecule has 0 N–H and O–H groups in total. The van der Waals surface area contributed by atoms with Crippen molar-refractivity contribution in [1.82, 2.24) is 4.57 Å². The van der Waals surface area contributed by atoms with Gasteiger partial charge in [-0.05, 0) is 13.0 Å². The summed E-state index contributed by atoms with van der Waals surface area (Å²) in [7, 11) is 3.31. The SMILES string of the molecule is CO[SH+]CCCN1CCC[Si]1(OC)OC. The number of nitrogens with zero attached hydrogens (tertiary/aromatic N) is 1. The average molecular weight is 252 g/mol. The van der Waals surface area contributed by atoms with Crippen LogP contribution in [0.2, 0.25) is 6.04 Å². The van der Waals surface area contributed by atoms with Crippen molar-refractivity contribution in [2.75, 3.05) is 40.2 Å². The van der Waals surface area contributed by atoms with Crippen LogP contribution < -0.4 is 0 Å². The van der Waals surface area contributed by atoms with Gasteiger partial charge in [0.15, 0.2) is 0 Å². The predicted molar refractivity (Wildman–Crippen MR) is 66.0 cm³/mol. The summed E-state index contributed by atoms with van der Waals surface area (Å²) in [6.07, 6.45) is 2.35. The highest BCUT2D eigenvalue weighted by atomic mass is 32.2. The maximum atomic E-state index is 5.63. The lowest BCUT2D eigenvalue weighted by atomic mass is 10.4. The fraction of sp³-hybridized carbons (Fsp3) is 1.00. The number of hydrogen-bond donors (Lipinski definition) is 0. The number of hydrogen-bond acceptors (Lipinski definition) is 4. The van der Waals surface area contributed by atoms with Crippen LogP contribution in [0, 0.1) is 0 Å². The Morgan fingerprint density at radius 3 is 2.60 bits per heavy atom. The Balaban J connectivity index is 2.32. The summed E-state index contributed by atoms with van der Waals surface area (Å²) >= 11 is 1.07. The molecular formula is C9H22NO3SSi+. The summed E-state index contributed by atoms with van der Waals surface area (Å²) in [5, 5.41) is 0. The first-order chi connectivity index (χ1) is 7.29. The Bertz CT molecular complexity index is 181. The lowest BCUT2D eigenvalue weighted by Gasteiger charge is -2.31.